The Hall–Kier alpha value is -0.0800. The van der Waals surface area contributed by atoms with Gasteiger partial charge in [0.25, 0.3) is 0 Å². The predicted octanol–water partition coefficient (Wildman–Crippen LogP) is 1.90. The van der Waals surface area contributed by atoms with Gasteiger partial charge < -0.3 is 4.74 Å². The standard InChI is InChI=1S/C10H19NO/c1-10(2)8-5-3-4-6-9(8)11-7-12-10/h8-9,11H,3-7H2,1-2H3. The Balaban J connectivity index is 2.09. The smallest absolute Gasteiger partial charge is 0.0974 e. The molecule has 1 heterocycles. The first-order chi connectivity index (χ1) is 5.70. The van der Waals surface area contributed by atoms with Crippen molar-refractivity contribution in [3.8, 4) is 0 Å². The van der Waals surface area contributed by atoms with E-state index in [2.05, 4.69) is 19.2 Å². The van der Waals surface area contributed by atoms with Crippen LogP contribution in [0.3, 0.4) is 0 Å². The highest BCUT2D eigenvalue weighted by Gasteiger charge is 2.40. The molecule has 2 unspecified atom stereocenters. The normalized spacial score (nSPS) is 40.5. The number of fused-ring (bicyclic) bond motifs is 1. The van der Waals surface area contributed by atoms with Crippen LogP contribution in [0.2, 0.25) is 0 Å². The van der Waals surface area contributed by atoms with E-state index in [0.29, 0.717) is 0 Å². The second-order valence-electron chi connectivity index (χ2n) is 4.59. The van der Waals surface area contributed by atoms with Crippen LogP contribution in [0.5, 0.6) is 0 Å². The van der Waals surface area contributed by atoms with Gasteiger partial charge in [-0.1, -0.05) is 12.8 Å². The van der Waals surface area contributed by atoms with Gasteiger partial charge in [-0.3, -0.25) is 5.32 Å². The second kappa shape index (κ2) is 3.00. The summed E-state index contributed by atoms with van der Waals surface area (Å²) >= 11 is 0. The summed E-state index contributed by atoms with van der Waals surface area (Å²) < 4.78 is 5.72. The third-order valence-electron chi connectivity index (χ3n) is 3.45. The number of hydrogen-bond acceptors (Lipinski definition) is 2. The van der Waals surface area contributed by atoms with Crippen LogP contribution in [0, 0.1) is 5.92 Å². The lowest BCUT2D eigenvalue weighted by molar-refractivity contribution is -0.127. The van der Waals surface area contributed by atoms with Crippen molar-refractivity contribution in [1.82, 2.24) is 5.32 Å². The lowest BCUT2D eigenvalue weighted by Gasteiger charge is -2.46. The molecule has 1 aliphatic heterocycles. The molecule has 0 radical (unpaired) electrons. The number of rotatable bonds is 0. The maximum absolute atomic E-state index is 5.72. The molecule has 0 spiro atoms. The Kier molecular flexibility index (Phi) is 2.13. The summed E-state index contributed by atoms with van der Waals surface area (Å²) in [4.78, 5) is 0. The molecule has 70 valence electrons. The molecular weight excluding hydrogens is 150 g/mol. The van der Waals surface area contributed by atoms with E-state index in [1.54, 1.807) is 0 Å². The molecule has 2 aliphatic rings. The average molecular weight is 169 g/mol. The number of nitrogens with one attached hydrogen (secondary N) is 1. The van der Waals surface area contributed by atoms with E-state index in [0.717, 1.165) is 18.7 Å². The van der Waals surface area contributed by atoms with Crippen molar-refractivity contribution in [2.45, 2.75) is 51.2 Å². The fraction of sp³-hybridized carbons (Fsp3) is 1.00. The van der Waals surface area contributed by atoms with Crippen LogP contribution < -0.4 is 5.32 Å². The molecule has 2 fully saturated rings. The lowest BCUT2D eigenvalue weighted by Crippen LogP contribution is -2.56. The summed E-state index contributed by atoms with van der Waals surface area (Å²) in [7, 11) is 0. The molecule has 1 saturated carbocycles. The summed E-state index contributed by atoms with van der Waals surface area (Å²) in [6.07, 6.45) is 5.46. The fourth-order valence-electron chi connectivity index (χ4n) is 2.65. The van der Waals surface area contributed by atoms with E-state index in [4.69, 9.17) is 4.74 Å². The van der Waals surface area contributed by atoms with Crippen LogP contribution >= 0.6 is 0 Å². The average Bonchev–Trinajstić information content (AvgIpc) is 2.04. The van der Waals surface area contributed by atoms with Crippen LogP contribution in [0.15, 0.2) is 0 Å². The highest BCUT2D eigenvalue weighted by atomic mass is 16.5. The molecule has 1 N–H and O–H groups in total. The Morgan fingerprint density at radius 3 is 2.75 bits per heavy atom. The molecule has 2 heteroatoms. The number of hydrogen-bond donors (Lipinski definition) is 1. The van der Waals surface area contributed by atoms with Crippen LogP contribution in [-0.4, -0.2) is 18.4 Å². The number of ether oxygens (including phenoxy) is 1. The first-order valence-electron chi connectivity index (χ1n) is 5.07. The highest BCUT2D eigenvalue weighted by molar-refractivity contribution is 4.93. The topological polar surface area (TPSA) is 21.3 Å². The van der Waals surface area contributed by atoms with E-state index in [-0.39, 0.29) is 5.60 Å². The van der Waals surface area contributed by atoms with Crippen molar-refractivity contribution in [2.24, 2.45) is 5.92 Å². The van der Waals surface area contributed by atoms with E-state index >= 15 is 0 Å². The maximum atomic E-state index is 5.72. The SMILES string of the molecule is CC1(C)OCNC2CCCCC21. The summed E-state index contributed by atoms with van der Waals surface area (Å²) in [5, 5.41) is 3.45. The van der Waals surface area contributed by atoms with Crippen LogP contribution in [0.25, 0.3) is 0 Å². The third-order valence-corrected chi connectivity index (χ3v) is 3.45. The van der Waals surface area contributed by atoms with Crippen LogP contribution in [-0.2, 0) is 4.74 Å². The molecule has 2 atom stereocenters. The molecule has 0 aromatic carbocycles. The minimum absolute atomic E-state index is 0.107. The Bertz CT molecular complexity index is 165. The lowest BCUT2D eigenvalue weighted by atomic mass is 9.74. The minimum atomic E-state index is 0.107. The monoisotopic (exact) mass is 169 g/mol. The molecule has 0 bridgehead atoms. The molecule has 1 saturated heterocycles. The van der Waals surface area contributed by atoms with Crippen molar-refractivity contribution < 1.29 is 4.74 Å². The van der Waals surface area contributed by atoms with Gasteiger partial charge in [-0.05, 0) is 26.7 Å². The van der Waals surface area contributed by atoms with E-state index in [9.17, 15) is 0 Å². The quantitative estimate of drug-likeness (QED) is 0.598. The third kappa shape index (κ3) is 1.38. The molecular formula is C10H19NO. The van der Waals surface area contributed by atoms with E-state index < -0.39 is 0 Å². The van der Waals surface area contributed by atoms with Crippen molar-refractivity contribution in [1.29, 1.82) is 0 Å². The van der Waals surface area contributed by atoms with Crippen molar-refractivity contribution in [3.05, 3.63) is 0 Å². The summed E-state index contributed by atoms with van der Waals surface area (Å²) in [5.74, 6) is 0.736. The summed E-state index contributed by atoms with van der Waals surface area (Å²) in [6, 6.07) is 0.725. The van der Waals surface area contributed by atoms with Gasteiger partial charge >= 0.3 is 0 Å². The first kappa shape index (κ1) is 8.52. The Morgan fingerprint density at radius 2 is 2.00 bits per heavy atom. The molecule has 2 rings (SSSR count). The van der Waals surface area contributed by atoms with Gasteiger partial charge in [0.2, 0.25) is 0 Å². The van der Waals surface area contributed by atoms with E-state index in [1.165, 1.54) is 25.7 Å². The summed E-state index contributed by atoms with van der Waals surface area (Å²) in [5.41, 5.74) is 0.107. The van der Waals surface area contributed by atoms with Crippen LogP contribution in [0.4, 0.5) is 0 Å². The molecule has 0 amide bonds. The minimum Gasteiger partial charge on any atom is -0.360 e. The van der Waals surface area contributed by atoms with Gasteiger partial charge in [0.15, 0.2) is 0 Å². The highest BCUT2D eigenvalue weighted by Crippen LogP contribution is 2.37. The Morgan fingerprint density at radius 1 is 1.25 bits per heavy atom. The zero-order valence-corrected chi connectivity index (χ0v) is 8.10. The van der Waals surface area contributed by atoms with Crippen molar-refractivity contribution in [3.63, 3.8) is 0 Å². The van der Waals surface area contributed by atoms with Crippen LogP contribution in [0.1, 0.15) is 39.5 Å². The van der Waals surface area contributed by atoms with Gasteiger partial charge in [-0.25, -0.2) is 0 Å². The Labute approximate surface area is 74.7 Å². The second-order valence-corrected chi connectivity index (χ2v) is 4.59. The zero-order valence-electron chi connectivity index (χ0n) is 8.10. The summed E-state index contributed by atoms with van der Waals surface area (Å²) in [6.45, 7) is 5.21. The molecule has 0 aromatic rings. The molecule has 1 aliphatic carbocycles. The van der Waals surface area contributed by atoms with Gasteiger partial charge in [0.05, 0.1) is 12.3 Å². The van der Waals surface area contributed by atoms with Crippen molar-refractivity contribution in [2.75, 3.05) is 6.73 Å². The molecule has 12 heavy (non-hydrogen) atoms. The van der Waals surface area contributed by atoms with Gasteiger partial charge in [-0.15, -0.1) is 0 Å². The predicted molar refractivity (Wildman–Crippen MR) is 48.9 cm³/mol. The molecule has 2 nitrogen and oxygen atoms in total. The zero-order chi connectivity index (χ0) is 8.60. The first-order valence-corrected chi connectivity index (χ1v) is 5.07. The van der Waals surface area contributed by atoms with Crippen molar-refractivity contribution >= 4 is 0 Å². The van der Waals surface area contributed by atoms with Gasteiger partial charge in [0.1, 0.15) is 0 Å². The maximum Gasteiger partial charge on any atom is 0.0974 e. The van der Waals surface area contributed by atoms with E-state index in [1.807, 2.05) is 0 Å². The fourth-order valence-corrected chi connectivity index (χ4v) is 2.65. The molecule has 0 aromatic heterocycles. The largest absolute Gasteiger partial charge is 0.360 e. The van der Waals surface area contributed by atoms with Gasteiger partial charge in [0, 0.05) is 12.0 Å². The van der Waals surface area contributed by atoms with Gasteiger partial charge in [-0.2, -0.15) is 0 Å².